The van der Waals surface area contributed by atoms with Crippen LogP contribution in [0.3, 0.4) is 0 Å². The number of halogens is 2. The molecule has 0 aliphatic carbocycles. The number of thioether (sulfide) groups is 1. The number of carbonyl (C=O) groups is 2. The largest absolute Gasteiger partial charge is 0.489 e. The first-order valence-corrected chi connectivity index (χ1v) is 12.5. The molecule has 0 radical (unpaired) electrons. The Morgan fingerprint density at radius 2 is 1.81 bits per heavy atom. The number of rotatable bonds is 7. The van der Waals surface area contributed by atoms with Crippen LogP contribution in [0.1, 0.15) is 22.3 Å². The first-order valence-electron chi connectivity index (χ1n) is 11.2. The van der Waals surface area contributed by atoms with E-state index in [9.17, 15) is 23.5 Å². The van der Waals surface area contributed by atoms with E-state index in [-0.39, 0.29) is 19.1 Å². The highest BCUT2D eigenvalue weighted by atomic mass is 32.2. The van der Waals surface area contributed by atoms with E-state index in [4.69, 9.17) is 9.47 Å². The van der Waals surface area contributed by atoms with Gasteiger partial charge in [0.2, 0.25) is 0 Å². The van der Waals surface area contributed by atoms with Gasteiger partial charge in [0.15, 0.2) is 17.7 Å². The number of aliphatic hydroxyl groups excluding tert-OH is 1. The molecule has 0 unspecified atom stereocenters. The number of carbonyl (C=O) groups excluding carboxylic acids is 2. The Kier molecular flexibility index (Phi) is 7.91. The molecule has 188 valence electrons. The smallest absolute Gasteiger partial charge is 0.331 e. The Morgan fingerprint density at radius 1 is 1.08 bits per heavy atom. The van der Waals surface area contributed by atoms with E-state index in [1.807, 2.05) is 6.07 Å². The van der Waals surface area contributed by atoms with Crippen LogP contribution >= 0.6 is 11.8 Å². The molecule has 6 nitrogen and oxygen atoms in total. The van der Waals surface area contributed by atoms with Gasteiger partial charge in [0, 0.05) is 17.0 Å². The average molecular weight is 514 g/mol. The Bertz CT molecular complexity index is 1270. The summed E-state index contributed by atoms with van der Waals surface area (Å²) in [6.45, 7) is 0.438. The van der Waals surface area contributed by atoms with Gasteiger partial charge in [0.25, 0.3) is 5.91 Å². The molecule has 1 fully saturated rings. The molecule has 2 atom stereocenters. The summed E-state index contributed by atoms with van der Waals surface area (Å²) in [5.41, 5.74) is 2.43. The summed E-state index contributed by atoms with van der Waals surface area (Å²) in [4.78, 5) is 27.0. The predicted molar refractivity (Wildman–Crippen MR) is 132 cm³/mol. The van der Waals surface area contributed by atoms with E-state index in [0.717, 1.165) is 11.1 Å². The summed E-state index contributed by atoms with van der Waals surface area (Å²) < 4.78 is 38.0. The maximum absolute atomic E-state index is 13.8. The molecule has 1 aliphatic rings. The summed E-state index contributed by atoms with van der Waals surface area (Å²) in [7, 11) is 1.22. The molecule has 9 heteroatoms. The third-order valence-corrected chi connectivity index (χ3v) is 6.83. The molecule has 3 aromatic rings. The second-order valence-corrected chi connectivity index (χ2v) is 9.15. The Hall–Kier alpha value is -3.43. The van der Waals surface area contributed by atoms with Gasteiger partial charge in [-0.05, 0) is 65.8 Å². The molecule has 1 saturated heterocycles. The molecule has 0 saturated carbocycles. The van der Waals surface area contributed by atoms with E-state index in [0.29, 0.717) is 28.2 Å². The summed E-state index contributed by atoms with van der Waals surface area (Å²) in [5, 5.41) is 10.1. The van der Waals surface area contributed by atoms with Crippen LogP contribution in [0.25, 0.3) is 11.1 Å². The fourth-order valence-corrected chi connectivity index (χ4v) is 4.81. The maximum Gasteiger partial charge on any atom is 0.331 e. The van der Waals surface area contributed by atoms with E-state index < -0.39 is 29.7 Å². The Labute approximate surface area is 211 Å². The number of aliphatic hydroxyl groups is 1. The highest BCUT2D eigenvalue weighted by Crippen LogP contribution is 2.33. The normalized spacial score (nSPS) is 17.2. The van der Waals surface area contributed by atoms with Crippen molar-refractivity contribution in [3.63, 3.8) is 0 Å². The van der Waals surface area contributed by atoms with Crippen LogP contribution in [0.2, 0.25) is 0 Å². The summed E-state index contributed by atoms with van der Waals surface area (Å²) in [6.07, 6.45) is 1.13. The average Bonchev–Trinajstić information content (AvgIpc) is 3.29. The van der Waals surface area contributed by atoms with Gasteiger partial charge in [-0.2, -0.15) is 0 Å². The van der Waals surface area contributed by atoms with Crippen LogP contribution in [0.15, 0.2) is 65.6 Å². The molecule has 4 rings (SSSR count). The van der Waals surface area contributed by atoms with Crippen LogP contribution in [0, 0.1) is 11.6 Å². The van der Waals surface area contributed by atoms with Crippen molar-refractivity contribution < 1.29 is 33.0 Å². The van der Waals surface area contributed by atoms with Gasteiger partial charge in [0.1, 0.15) is 12.4 Å². The molecule has 1 N–H and O–H groups in total. The van der Waals surface area contributed by atoms with Gasteiger partial charge >= 0.3 is 5.97 Å². The second kappa shape index (κ2) is 11.1. The fraction of sp³-hybridized carbons (Fsp3) is 0.259. The van der Waals surface area contributed by atoms with Crippen LogP contribution < -0.4 is 4.74 Å². The van der Waals surface area contributed by atoms with Crippen molar-refractivity contribution in [1.29, 1.82) is 0 Å². The standard InChI is InChI=1S/C27H25F2NO5S/c1-34-27(33)25-23(31)10-11-30(25)26(32)18-5-3-4-16(12-18)15-35-19-8-6-17(7-9-19)20-13-21(28)22(29)14-24(20)36-2/h3-9,12-14,23,25,31H,10-11,15H2,1-2H3/t23-,25-/m0/s1. The molecule has 1 amide bonds. The third kappa shape index (κ3) is 5.37. The highest BCUT2D eigenvalue weighted by Gasteiger charge is 2.42. The van der Waals surface area contributed by atoms with Gasteiger partial charge in [-0.25, -0.2) is 13.6 Å². The molecule has 36 heavy (non-hydrogen) atoms. The van der Waals surface area contributed by atoms with Crippen molar-refractivity contribution >= 4 is 23.6 Å². The quantitative estimate of drug-likeness (QED) is 0.365. The van der Waals surface area contributed by atoms with Crippen LogP contribution in [0.4, 0.5) is 8.78 Å². The third-order valence-electron chi connectivity index (χ3n) is 6.06. The number of amides is 1. The zero-order valence-electron chi connectivity index (χ0n) is 19.7. The van der Waals surface area contributed by atoms with Crippen molar-refractivity contribution in [2.24, 2.45) is 0 Å². The van der Waals surface area contributed by atoms with Crippen molar-refractivity contribution in [2.75, 3.05) is 19.9 Å². The van der Waals surface area contributed by atoms with Crippen molar-refractivity contribution in [1.82, 2.24) is 4.90 Å². The minimum Gasteiger partial charge on any atom is -0.489 e. The summed E-state index contributed by atoms with van der Waals surface area (Å²) in [6, 6.07) is 15.2. The maximum atomic E-state index is 13.8. The van der Waals surface area contributed by atoms with E-state index in [1.165, 1.54) is 35.9 Å². The first kappa shape index (κ1) is 25.7. The molecular formula is C27H25F2NO5S. The zero-order valence-corrected chi connectivity index (χ0v) is 20.6. The van der Waals surface area contributed by atoms with Gasteiger partial charge < -0.3 is 19.5 Å². The number of ether oxygens (including phenoxy) is 2. The highest BCUT2D eigenvalue weighted by molar-refractivity contribution is 7.98. The van der Waals surface area contributed by atoms with Gasteiger partial charge in [0.05, 0.1) is 13.2 Å². The number of benzene rings is 3. The number of esters is 1. The number of hydrogen-bond acceptors (Lipinski definition) is 6. The van der Waals surface area contributed by atoms with Crippen LogP contribution in [-0.2, 0) is 16.1 Å². The van der Waals surface area contributed by atoms with E-state index >= 15 is 0 Å². The first-order chi connectivity index (χ1) is 17.3. The molecule has 0 bridgehead atoms. The number of nitrogens with zero attached hydrogens (tertiary/aromatic N) is 1. The minimum absolute atomic E-state index is 0.185. The monoisotopic (exact) mass is 513 g/mol. The van der Waals surface area contributed by atoms with Crippen molar-refractivity contribution in [3.8, 4) is 16.9 Å². The van der Waals surface area contributed by atoms with Gasteiger partial charge in [-0.3, -0.25) is 4.79 Å². The zero-order chi connectivity index (χ0) is 25.8. The lowest BCUT2D eigenvalue weighted by molar-refractivity contribution is -0.147. The summed E-state index contributed by atoms with van der Waals surface area (Å²) in [5.74, 6) is -2.24. The van der Waals surface area contributed by atoms with Gasteiger partial charge in [-0.15, -0.1) is 11.8 Å². The molecule has 1 heterocycles. The SMILES string of the molecule is COC(=O)[C@@H]1[C@@H](O)CCN1C(=O)c1cccc(COc2ccc(-c3cc(F)c(F)cc3SC)cc2)c1. The molecule has 0 spiro atoms. The van der Waals surface area contributed by atoms with Gasteiger partial charge in [-0.1, -0.05) is 24.3 Å². The van der Waals surface area contributed by atoms with Crippen LogP contribution in [-0.4, -0.2) is 53.9 Å². The molecule has 3 aromatic carbocycles. The predicted octanol–water partition coefficient (Wildman–Crippen LogP) is 4.68. The van der Waals surface area contributed by atoms with Crippen LogP contribution in [0.5, 0.6) is 5.75 Å². The fourth-order valence-electron chi connectivity index (χ4n) is 4.19. The lowest BCUT2D eigenvalue weighted by atomic mass is 10.1. The lowest BCUT2D eigenvalue weighted by Gasteiger charge is -2.24. The number of hydrogen-bond donors (Lipinski definition) is 1. The second-order valence-electron chi connectivity index (χ2n) is 8.30. The Morgan fingerprint density at radius 3 is 2.50 bits per heavy atom. The van der Waals surface area contributed by atoms with Crippen molar-refractivity contribution in [3.05, 3.63) is 83.4 Å². The number of likely N-dealkylation sites (tertiary alicyclic amines) is 1. The Balaban J connectivity index is 1.45. The number of methoxy groups -OCH3 is 1. The topological polar surface area (TPSA) is 76.1 Å². The van der Waals surface area contributed by atoms with E-state index in [1.54, 1.807) is 48.7 Å². The van der Waals surface area contributed by atoms with E-state index in [2.05, 4.69) is 0 Å². The molecule has 0 aromatic heterocycles. The molecule has 1 aliphatic heterocycles. The summed E-state index contributed by atoms with van der Waals surface area (Å²) >= 11 is 1.33. The lowest BCUT2D eigenvalue weighted by Crippen LogP contribution is -2.45. The molecular weight excluding hydrogens is 488 g/mol. The van der Waals surface area contributed by atoms with Crippen molar-refractivity contribution in [2.45, 2.75) is 30.1 Å². The minimum atomic E-state index is -1.03.